The average molecular weight is 429 g/mol. The number of carbonyl (C=O) groups is 1. The molecule has 0 aliphatic heterocycles. The van der Waals surface area contributed by atoms with Gasteiger partial charge in [-0.25, -0.2) is 15.0 Å². The van der Waals surface area contributed by atoms with Crippen molar-refractivity contribution >= 4 is 60.8 Å². The third kappa shape index (κ3) is 3.52. The van der Waals surface area contributed by atoms with Crippen LogP contribution >= 0.6 is 34.4 Å². The molecule has 0 bridgehead atoms. The third-order valence-electron chi connectivity index (χ3n) is 4.91. The molecule has 1 atom stereocenters. The summed E-state index contributed by atoms with van der Waals surface area (Å²) in [5.74, 6) is 0.403. The van der Waals surface area contributed by atoms with Gasteiger partial charge in [-0.1, -0.05) is 23.9 Å². The van der Waals surface area contributed by atoms with Crippen LogP contribution in [-0.4, -0.2) is 38.6 Å². The normalized spacial score (nSPS) is 12.6. The standard InChI is InChI=1S/C20H20N4OS3/c1-11-13(3)27-20-17(11)19(21-10-22-20)26-9-16(25)24(4)12(2)18-23-14-7-5-6-8-15(14)28-18/h5-8,10,12H,9H2,1-4H3. The molecule has 0 N–H and O–H groups in total. The molecule has 0 radical (unpaired) electrons. The van der Waals surface area contributed by atoms with Gasteiger partial charge in [-0.2, -0.15) is 0 Å². The second-order valence-electron chi connectivity index (χ2n) is 6.63. The minimum Gasteiger partial charge on any atom is -0.336 e. The first kappa shape index (κ1) is 19.3. The maximum atomic E-state index is 12.8. The summed E-state index contributed by atoms with van der Waals surface area (Å²) in [5, 5.41) is 2.90. The lowest BCUT2D eigenvalue weighted by Crippen LogP contribution is -2.31. The number of hydrogen-bond acceptors (Lipinski definition) is 7. The van der Waals surface area contributed by atoms with Crippen LogP contribution in [0.3, 0.4) is 0 Å². The molecule has 0 saturated heterocycles. The quantitative estimate of drug-likeness (QED) is 0.322. The van der Waals surface area contributed by atoms with Crippen molar-refractivity contribution in [3.8, 4) is 0 Å². The van der Waals surface area contributed by atoms with Crippen LogP contribution in [-0.2, 0) is 4.79 Å². The summed E-state index contributed by atoms with van der Waals surface area (Å²) in [4.78, 5) is 30.3. The van der Waals surface area contributed by atoms with Crippen LogP contribution < -0.4 is 0 Å². The molecule has 0 aliphatic carbocycles. The second kappa shape index (κ2) is 7.77. The molecule has 28 heavy (non-hydrogen) atoms. The van der Waals surface area contributed by atoms with Crippen molar-refractivity contribution in [2.24, 2.45) is 0 Å². The molecule has 3 aromatic heterocycles. The minimum absolute atomic E-state index is 0.0631. The first-order valence-electron chi connectivity index (χ1n) is 8.90. The summed E-state index contributed by atoms with van der Waals surface area (Å²) in [5.41, 5.74) is 2.18. The first-order chi connectivity index (χ1) is 13.5. The fourth-order valence-electron chi connectivity index (χ4n) is 2.94. The molecule has 0 fully saturated rings. The highest BCUT2D eigenvalue weighted by Gasteiger charge is 2.21. The van der Waals surface area contributed by atoms with Gasteiger partial charge in [-0.05, 0) is 38.5 Å². The number of nitrogens with zero attached hydrogens (tertiary/aromatic N) is 4. The van der Waals surface area contributed by atoms with E-state index in [9.17, 15) is 4.79 Å². The molecule has 8 heteroatoms. The van der Waals surface area contributed by atoms with Gasteiger partial charge in [0.25, 0.3) is 0 Å². The Morgan fingerprint density at radius 2 is 2.00 bits per heavy atom. The second-order valence-corrected chi connectivity index (χ2v) is 9.86. The van der Waals surface area contributed by atoms with Gasteiger partial charge in [0, 0.05) is 17.3 Å². The third-order valence-corrected chi connectivity index (χ3v) is 8.20. The van der Waals surface area contributed by atoms with Crippen LogP contribution in [0.2, 0.25) is 0 Å². The SMILES string of the molecule is Cc1sc2ncnc(SCC(=O)N(C)C(C)c3nc4ccccc4s3)c2c1C. The highest BCUT2D eigenvalue weighted by Crippen LogP contribution is 2.35. The van der Waals surface area contributed by atoms with Crippen LogP contribution in [0.5, 0.6) is 0 Å². The molecular weight excluding hydrogens is 408 g/mol. The van der Waals surface area contributed by atoms with Gasteiger partial charge in [0.05, 0.1) is 22.0 Å². The minimum atomic E-state index is -0.0685. The molecule has 144 valence electrons. The van der Waals surface area contributed by atoms with Gasteiger partial charge in [-0.3, -0.25) is 4.79 Å². The van der Waals surface area contributed by atoms with Gasteiger partial charge >= 0.3 is 0 Å². The Bertz CT molecular complexity index is 1130. The van der Waals surface area contributed by atoms with Crippen molar-refractivity contribution in [1.82, 2.24) is 19.9 Å². The molecule has 4 rings (SSSR count). The van der Waals surface area contributed by atoms with Gasteiger partial charge in [0.15, 0.2) is 0 Å². The number of rotatable bonds is 5. The predicted octanol–water partition coefficient (Wildman–Crippen LogP) is 5.23. The summed E-state index contributed by atoms with van der Waals surface area (Å²) < 4.78 is 1.14. The van der Waals surface area contributed by atoms with E-state index in [0.717, 1.165) is 30.5 Å². The van der Waals surface area contributed by atoms with E-state index in [4.69, 9.17) is 0 Å². The molecule has 3 heterocycles. The zero-order chi connectivity index (χ0) is 19.8. The number of aryl methyl sites for hydroxylation is 2. The van der Waals surface area contributed by atoms with E-state index in [0.29, 0.717) is 5.75 Å². The summed E-state index contributed by atoms with van der Waals surface area (Å²) in [7, 11) is 1.84. The fraction of sp³-hybridized carbons (Fsp3) is 0.300. The van der Waals surface area contributed by atoms with Crippen molar-refractivity contribution in [3.63, 3.8) is 0 Å². The number of aromatic nitrogens is 3. The maximum Gasteiger partial charge on any atom is 0.233 e. The summed E-state index contributed by atoms with van der Waals surface area (Å²) >= 11 is 4.79. The topological polar surface area (TPSA) is 59.0 Å². The fourth-order valence-corrected chi connectivity index (χ4v) is 6.05. The van der Waals surface area contributed by atoms with Gasteiger partial charge in [0.2, 0.25) is 5.91 Å². The summed E-state index contributed by atoms with van der Waals surface area (Å²) in [6, 6.07) is 7.99. The molecule has 1 amide bonds. The van der Waals surface area contributed by atoms with E-state index >= 15 is 0 Å². The summed E-state index contributed by atoms with van der Waals surface area (Å²) in [6.07, 6.45) is 1.58. The zero-order valence-corrected chi connectivity index (χ0v) is 18.5. The first-order valence-corrected chi connectivity index (χ1v) is 11.5. The molecule has 5 nitrogen and oxygen atoms in total. The van der Waals surface area contributed by atoms with Crippen LogP contribution in [0.1, 0.15) is 28.4 Å². The van der Waals surface area contributed by atoms with E-state index in [1.807, 2.05) is 32.2 Å². The number of fused-ring (bicyclic) bond motifs is 2. The Balaban J connectivity index is 1.49. The van der Waals surface area contributed by atoms with Crippen molar-refractivity contribution in [2.75, 3.05) is 12.8 Å². The molecule has 4 aromatic rings. The van der Waals surface area contributed by atoms with Crippen LogP contribution in [0.4, 0.5) is 0 Å². The number of thioether (sulfide) groups is 1. The molecule has 1 aromatic carbocycles. The van der Waals surface area contributed by atoms with Crippen LogP contribution in [0.15, 0.2) is 35.6 Å². The molecular formula is C20H20N4OS3. The van der Waals surface area contributed by atoms with Gasteiger partial charge in [0.1, 0.15) is 21.2 Å². The average Bonchev–Trinajstić information content (AvgIpc) is 3.26. The smallest absolute Gasteiger partial charge is 0.233 e. The Morgan fingerprint density at radius 3 is 2.79 bits per heavy atom. The number of thiophene rings is 1. The molecule has 0 saturated carbocycles. The van der Waals surface area contributed by atoms with Crippen molar-refractivity contribution in [2.45, 2.75) is 31.8 Å². The van der Waals surface area contributed by atoms with Crippen LogP contribution in [0, 0.1) is 13.8 Å². The highest BCUT2D eigenvalue weighted by atomic mass is 32.2. The largest absolute Gasteiger partial charge is 0.336 e. The number of carbonyl (C=O) groups excluding carboxylic acids is 1. The van der Waals surface area contributed by atoms with E-state index < -0.39 is 0 Å². The maximum absolute atomic E-state index is 12.8. The Hall–Kier alpha value is -2.03. The lowest BCUT2D eigenvalue weighted by molar-refractivity contribution is -0.128. The van der Waals surface area contributed by atoms with Crippen molar-refractivity contribution < 1.29 is 4.79 Å². The number of amides is 1. The lowest BCUT2D eigenvalue weighted by atomic mass is 10.2. The lowest BCUT2D eigenvalue weighted by Gasteiger charge is -2.23. The van der Waals surface area contributed by atoms with E-state index in [1.54, 1.807) is 33.9 Å². The Labute approximate surface area is 175 Å². The van der Waals surface area contributed by atoms with Gasteiger partial charge < -0.3 is 4.90 Å². The van der Waals surface area contributed by atoms with E-state index in [-0.39, 0.29) is 11.9 Å². The predicted molar refractivity (Wildman–Crippen MR) is 118 cm³/mol. The number of hydrogen-bond donors (Lipinski definition) is 0. The molecule has 0 spiro atoms. The zero-order valence-electron chi connectivity index (χ0n) is 16.1. The monoisotopic (exact) mass is 428 g/mol. The van der Waals surface area contributed by atoms with E-state index in [1.165, 1.54) is 22.2 Å². The highest BCUT2D eigenvalue weighted by molar-refractivity contribution is 8.00. The number of benzene rings is 1. The Kier molecular flexibility index (Phi) is 5.35. The molecule has 0 aliphatic rings. The summed E-state index contributed by atoms with van der Waals surface area (Å²) in [6.45, 7) is 6.20. The van der Waals surface area contributed by atoms with E-state index in [2.05, 4.69) is 34.9 Å². The van der Waals surface area contributed by atoms with Crippen molar-refractivity contribution in [3.05, 3.63) is 46.0 Å². The van der Waals surface area contributed by atoms with Gasteiger partial charge in [-0.15, -0.1) is 22.7 Å². The molecule has 1 unspecified atom stereocenters. The number of thiazole rings is 1. The number of para-hydroxylation sites is 1. The van der Waals surface area contributed by atoms with Crippen LogP contribution in [0.25, 0.3) is 20.4 Å². The van der Waals surface area contributed by atoms with Crippen molar-refractivity contribution in [1.29, 1.82) is 0 Å². The Morgan fingerprint density at radius 1 is 1.21 bits per heavy atom.